The molecule has 0 aliphatic carbocycles. The molecule has 1 aliphatic heterocycles. The van der Waals surface area contributed by atoms with E-state index in [2.05, 4.69) is 44.1 Å². The minimum Gasteiger partial charge on any atom is -0.207 e. The zero-order chi connectivity index (χ0) is 10.4. The van der Waals surface area contributed by atoms with Crippen molar-refractivity contribution in [3.8, 4) is 11.4 Å². The van der Waals surface area contributed by atoms with Crippen LogP contribution in [0, 0.1) is 0 Å². The highest BCUT2D eigenvalue weighted by Crippen LogP contribution is 2.40. The Balaban J connectivity index is 2.28. The summed E-state index contributed by atoms with van der Waals surface area (Å²) in [5.41, 5.74) is 3.33. The maximum Gasteiger partial charge on any atom is 0.183 e. The van der Waals surface area contributed by atoms with Crippen molar-refractivity contribution < 1.29 is 0 Å². The Bertz CT molecular complexity index is 546. The van der Waals surface area contributed by atoms with Gasteiger partial charge in [0.15, 0.2) is 5.82 Å². The van der Waals surface area contributed by atoms with Crippen LogP contribution in [0.3, 0.4) is 0 Å². The predicted molar refractivity (Wildman–Crippen MR) is 60.4 cm³/mol. The maximum absolute atomic E-state index is 3.99. The lowest BCUT2D eigenvalue weighted by Crippen LogP contribution is -1.99. The molecule has 2 heterocycles. The van der Waals surface area contributed by atoms with Crippen LogP contribution >= 0.6 is 15.9 Å². The van der Waals surface area contributed by atoms with Crippen molar-refractivity contribution in [3.63, 3.8) is 0 Å². The van der Waals surface area contributed by atoms with Crippen molar-refractivity contribution in [1.29, 1.82) is 0 Å². The maximum atomic E-state index is 3.99. The molecule has 4 nitrogen and oxygen atoms in total. The third kappa shape index (κ3) is 1.10. The number of rotatable bonds is 1. The largest absolute Gasteiger partial charge is 0.207 e. The summed E-state index contributed by atoms with van der Waals surface area (Å²) in [6.45, 7) is 3.75. The molecule has 1 unspecified atom stereocenters. The van der Waals surface area contributed by atoms with Gasteiger partial charge in [0.25, 0.3) is 0 Å². The Morgan fingerprint density at radius 1 is 1.47 bits per heavy atom. The number of alkyl halides is 1. The average Bonchev–Trinajstić information content (AvgIpc) is 2.83. The van der Waals surface area contributed by atoms with Crippen molar-refractivity contribution in [3.05, 3.63) is 35.9 Å². The fraction of sp³-hybridized carbons (Fsp3) is 0.100. The van der Waals surface area contributed by atoms with Crippen LogP contribution in [0.1, 0.15) is 16.1 Å². The highest BCUT2D eigenvalue weighted by molar-refractivity contribution is 9.09. The van der Waals surface area contributed by atoms with Crippen molar-refractivity contribution >= 4 is 22.0 Å². The minimum atomic E-state index is 0.0254. The van der Waals surface area contributed by atoms with Gasteiger partial charge in [-0.3, -0.25) is 0 Å². The third-order valence-electron chi connectivity index (χ3n) is 2.52. The van der Waals surface area contributed by atoms with Gasteiger partial charge in [-0.15, -0.1) is 5.10 Å². The SMILES string of the molecule is C=Cc1ccc2c(c1)C(Br)n1nnnc1-2. The smallest absolute Gasteiger partial charge is 0.183 e. The molecule has 0 bridgehead atoms. The molecule has 1 aliphatic rings. The van der Waals surface area contributed by atoms with Crippen LogP contribution in [0.2, 0.25) is 0 Å². The van der Waals surface area contributed by atoms with Crippen LogP contribution in [0.4, 0.5) is 0 Å². The van der Waals surface area contributed by atoms with Gasteiger partial charge in [0.2, 0.25) is 0 Å². The van der Waals surface area contributed by atoms with E-state index in [1.54, 1.807) is 4.68 Å². The van der Waals surface area contributed by atoms with Gasteiger partial charge >= 0.3 is 0 Å². The highest BCUT2D eigenvalue weighted by atomic mass is 79.9. The average molecular weight is 263 g/mol. The number of benzene rings is 1. The fourth-order valence-corrected chi connectivity index (χ4v) is 2.42. The quantitative estimate of drug-likeness (QED) is 0.741. The van der Waals surface area contributed by atoms with E-state index in [4.69, 9.17) is 0 Å². The molecule has 5 heteroatoms. The van der Waals surface area contributed by atoms with Crippen LogP contribution in [0.15, 0.2) is 24.8 Å². The summed E-state index contributed by atoms with van der Waals surface area (Å²) >= 11 is 3.56. The molecule has 0 saturated heterocycles. The number of hydrogen-bond acceptors (Lipinski definition) is 3. The molecule has 0 N–H and O–H groups in total. The summed E-state index contributed by atoms with van der Waals surface area (Å²) in [6.07, 6.45) is 1.83. The lowest BCUT2D eigenvalue weighted by molar-refractivity contribution is 0.665. The van der Waals surface area contributed by atoms with Gasteiger partial charge in [0, 0.05) is 5.56 Å². The number of tetrazole rings is 1. The van der Waals surface area contributed by atoms with E-state index < -0.39 is 0 Å². The van der Waals surface area contributed by atoms with Crippen LogP contribution in [-0.2, 0) is 0 Å². The highest BCUT2D eigenvalue weighted by Gasteiger charge is 2.29. The minimum absolute atomic E-state index is 0.0254. The molecule has 1 aromatic carbocycles. The van der Waals surface area contributed by atoms with Gasteiger partial charge in [-0.25, -0.2) is 4.68 Å². The second-order valence-corrected chi connectivity index (χ2v) is 4.20. The molecular weight excluding hydrogens is 256 g/mol. The van der Waals surface area contributed by atoms with Crippen LogP contribution in [0.5, 0.6) is 0 Å². The molecule has 1 atom stereocenters. The lowest BCUT2D eigenvalue weighted by atomic mass is 10.1. The van der Waals surface area contributed by atoms with Gasteiger partial charge in [0.05, 0.1) is 0 Å². The number of fused-ring (bicyclic) bond motifs is 3. The van der Waals surface area contributed by atoms with Crippen molar-refractivity contribution in [2.75, 3.05) is 0 Å². The molecule has 74 valence electrons. The number of nitrogens with zero attached hydrogens (tertiary/aromatic N) is 4. The van der Waals surface area contributed by atoms with Crippen LogP contribution in [-0.4, -0.2) is 20.2 Å². The first kappa shape index (κ1) is 8.79. The summed E-state index contributed by atoms with van der Waals surface area (Å²) in [5.74, 6) is 0.808. The van der Waals surface area contributed by atoms with Crippen LogP contribution in [0.25, 0.3) is 17.5 Å². The zero-order valence-electron chi connectivity index (χ0n) is 7.76. The predicted octanol–water partition coefficient (Wildman–Crippen LogP) is 2.24. The van der Waals surface area contributed by atoms with Gasteiger partial charge in [0.1, 0.15) is 4.95 Å². The summed E-state index contributed by atoms with van der Waals surface area (Å²) in [7, 11) is 0. The number of aromatic nitrogens is 4. The van der Waals surface area contributed by atoms with Gasteiger partial charge in [-0.1, -0.05) is 40.7 Å². The van der Waals surface area contributed by atoms with Crippen LogP contribution < -0.4 is 0 Å². The summed E-state index contributed by atoms with van der Waals surface area (Å²) in [5, 5.41) is 11.6. The monoisotopic (exact) mass is 262 g/mol. The summed E-state index contributed by atoms with van der Waals surface area (Å²) in [4.78, 5) is 0.0254. The molecule has 2 aromatic rings. The Morgan fingerprint density at radius 2 is 2.33 bits per heavy atom. The van der Waals surface area contributed by atoms with E-state index in [-0.39, 0.29) is 4.95 Å². The first-order valence-corrected chi connectivity index (χ1v) is 5.41. The lowest BCUT2D eigenvalue weighted by Gasteiger charge is -2.04. The van der Waals surface area contributed by atoms with Gasteiger partial charge in [-0.05, 0) is 27.6 Å². The Labute approximate surface area is 94.7 Å². The Kier molecular flexibility index (Phi) is 1.76. The van der Waals surface area contributed by atoms with E-state index in [0.717, 1.165) is 22.5 Å². The number of halogens is 1. The van der Waals surface area contributed by atoms with E-state index in [1.807, 2.05) is 18.2 Å². The molecule has 0 fully saturated rings. The molecular formula is C10H7BrN4. The first-order valence-electron chi connectivity index (χ1n) is 4.50. The summed E-state index contributed by atoms with van der Waals surface area (Å²) in [6, 6.07) is 6.11. The van der Waals surface area contributed by atoms with Gasteiger partial charge in [-0.2, -0.15) is 0 Å². The van der Waals surface area contributed by atoms with E-state index >= 15 is 0 Å². The van der Waals surface area contributed by atoms with Crippen molar-refractivity contribution in [2.24, 2.45) is 0 Å². The molecule has 3 rings (SSSR count). The van der Waals surface area contributed by atoms with Crippen molar-refractivity contribution in [2.45, 2.75) is 4.95 Å². The summed E-state index contributed by atoms with van der Waals surface area (Å²) < 4.78 is 1.76. The normalized spacial score (nSPS) is 17.3. The molecule has 0 saturated carbocycles. The first-order chi connectivity index (χ1) is 7.31. The Morgan fingerprint density at radius 3 is 3.13 bits per heavy atom. The second-order valence-electron chi connectivity index (χ2n) is 3.33. The van der Waals surface area contributed by atoms with E-state index in [1.165, 1.54) is 0 Å². The zero-order valence-corrected chi connectivity index (χ0v) is 9.35. The standard InChI is InChI=1S/C10H7BrN4/c1-2-6-3-4-7-8(5-6)9(11)15-10(7)12-13-14-15/h2-5,9H,1H2. The van der Waals surface area contributed by atoms with E-state index in [9.17, 15) is 0 Å². The molecule has 15 heavy (non-hydrogen) atoms. The van der Waals surface area contributed by atoms with E-state index in [0.29, 0.717) is 0 Å². The second kappa shape index (κ2) is 3.00. The topological polar surface area (TPSA) is 43.6 Å². The molecule has 0 amide bonds. The Hall–Kier alpha value is -1.49. The molecule has 0 spiro atoms. The van der Waals surface area contributed by atoms with Gasteiger partial charge < -0.3 is 0 Å². The number of hydrogen-bond donors (Lipinski definition) is 0. The van der Waals surface area contributed by atoms with Crippen molar-refractivity contribution in [1.82, 2.24) is 20.2 Å². The molecule has 0 radical (unpaired) electrons. The third-order valence-corrected chi connectivity index (χ3v) is 3.40. The molecule has 1 aromatic heterocycles. The fourth-order valence-electron chi connectivity index (χ4n) is 1.76.